The molecule has 1 aromatic carbocycles. The van der Waals surface area contributed by atoms with Crippen molar-refractivity contribution in [3.05, 3.63) is 35.4 Å². The maximum atomic E-state index is 11.4. The van der Waals surface area contributed by atoms with Gasteiger partial charge in [-0.05, 0) is 31.5 Å². The smallest absolute Gasteiger partial charge is 0.251 e. The number of guanidine groups is 1. The van der Waals surface area contributed by atoms with Gasteiger partial charge in [0.05, 0.1) is 6.54 Å². The fourth-order valence-corrected chi connectivity index (χ4v) is 1.59. The van der Waals surface area contributed by atoms with E-state index in [2.05, 4.69) is 20.9 Å². The maximum Gasteiger partial charge on any atom is 0.251 e. The Balaban J connectivity index is 2.66. The van der Waals surface area contributed by atoms with Gasteiger partial charge in [-0.15, -0.1) is 0 Å². The van der Waals surface area contributed by atoms with Crippen LogP contribution in [-0.2, 0) is 6.54 Å². The number of carbonyl (C=O) groups excluding carboxylic acids is 1. The molecule has 5 nitrogen and oxygen atoms in total. The lowest BCUT2D eigenvalue weighted by Crippen LogP contribution is -2.36. The average Bonchev–Trinajstić information content (AvgIpc) is 2.45. The molecule has 0 aromatic heterocycles. The number of carbonyl (C=O) groups is 1. The van der Waals surface area contributed by atoms with Crippen LogP contribution in [0.1, 0.15) is 29.8 Å². The molecule has 0 aliphatic heterocycles. The van der Waals surface area contributed by atoms with E-state index in [9.17, 15) is 4.79 Å². The molecule has 0 aliphatic rings. The molecule has 3 N–H and O–H groups in total. The summed E-state index contributed by atoms with van der Waals surface area (Å²) in [6.07, 6.45) is 0. The second kappa shape index (κ2) is 8.13. The van der Waals surface area contributed by atoms with Crippen LogP contribution in [0.25, 0.3) is 0 Å². The Morgan fingerprint density at radius 1 is 1.11 bits per heavy atom. The highest BCUT2D eigenvalue weighted by molar-refractivity contribution is 5.93. The lowest BCUT2D eigenvalue weighted by atomic mass is 10.1. The molecule has 0 spiro atoms. The van der Waals surface area contributed by atoms with E-state index in [4.69, 9.17) is 0 Å². The van der Waals surface area contributed by atoms with Crippen molar-refractivity contribution in [2.24, 2.45) is 4.99 Å². The van der Waals surface area contributed by atoms with Crippen LogP contribution in [0.3, 0.4) is 0 Å². The van der Waals surface area contributed by atoms with Crippen molar-refractivity contribution in [3.8, 4) is 0 Å². The molecule has 19 heavy (non-hydrogen) atoms. The lowest BCUT2D eigenvalue weighted by Gasteiger charge is -2.09. The Bertz CT molecular complexity index is 418. The van der Waals surface area contributed by atoms with Gasteiger partial charge in [-0.1, -0.05) is 12.1 Å². The van der Waals surface area contributed by atoms with Gasteiger partial charge in [-0.3, -0.25) is 4.79 Å². The quantitative estimate of drug-likeness (QED) is 0.550. The second-order valence-corrected chi connectivity index (χ2v) is 4.00. The van der Waals surface area contributed by atoms with E-state index in [1.165, 1.54) is 0 Å². The normalized spacial score (nSPS) is 9.63. The standard InChI is InChI=1S/C14H22N4O/c1-4-16-14(17-5-2)18-10-11-6-8-12(9-7-11)13(19)15-3/h6-9H,4-5,10H2,1-3H3,(H,15,19)(H2,16,17,18). The molecule has 1 amide bonds. The number of aliphatic imine (C=N–C) groups is 1. The fourth-order valence-electron chi connectivity index (χ4n) is 1.59. The highest BCUT2D eigenvalue weighted by Crippen LogP contribution is 2.05. The van der Waals surface area contributed by atoms with Gasteiger partial charge in [0, 0.05) is 25.7 Å². The first-order valence-electron chi connectivity index (χ1n) is 6.54. The van der Waals surface area contributed by atoms with Gasteiger partial charge in [0.25, 0.3) is 5.91 Å². The van der Waals surface area contributed by atoms with E-state index in [1.54, 1.807) is 7.05 Å². The molecule has 5 heteroatoms. The third-order valence-corrected chi connectivity index (χ3v) is 2.55. The van der Waals surface area contributed by atoms with Crippen LogP contribution < -0.4 is 16.0 Å². The van der Waals surface area contributed by atoms with E-state index in [1.807, 2.05) is 38.1 Å². The summed E-state index contributed by atoms with van der Waals surface area (Å²) in [7, 11) is 1.62. The topological polar surface area (TPSA) is 65.5 Å². The minimum Gasteiger partial charge on any atom is -0.357 e. The molecule has 0 atom stereocenters. The van der Waals surface area contributed by atoms with Crippen LogP contribution in [0.4, 0.5) is 0 Å². The van der Waals surface area contributed by atoms with Gasteiger partial charge in [0.1, 0.15) is 0 Å². The molecule has 0 heterocycles. The molecule has 0 saturated heterocycles. The first-order valence-corrected chi connectivity index (χ1v) is 6.54. The van der Waals surface area contributed by atoms with E-state index in [0.29, 0.717) is 12.1 Å². The summed E-state index contributed by atoms with van der Waals surface area (Å²) in [6, 6.07) is 7.46. The summed E-state index contributed by atoms with van der Waals surface area (Å²) in [5, 5.41) is 8.93. The highest BCUT2D eigenvalue weighted by atomic mass is 16.1. The number of nitrogens with zero attached hydrogens (tertiary/aromatic N) is 1. The van der Waals surface area contributed by atoms with Crippen molar-refractivity contribution in [2.45, 2.75) is 20.4 Å². The van der Waals surface area contributed by atoms with Gasteiger partial charge < -0.3 is 16.0 Å². The summed E-state index contributed by atoms with van der Waals surface area (Å²) in [5.41, 5.74) is 1.73. The average molecular weight is 262 g/mol. The van der Waals surface area contributed by atoms with E-state index >= 15 is 0 Å². The van der Waals surface area contributed by atoms with Crippen molar-refractivity contribution in [1.29, 1.82) is 0 Å². The van der Waals surface area contributed by atoms with Gasteiger partial charge in [-0.25, -0.2) is 4.99 Å². The highest BCUT2D eigenvalue weighted by Gasteiger charge is 2.02. The number of hydrogen-bond donors (Lipinski definition) is 3. The van der Waals surface area contributed by atoms with Crippen molar-refractivity contribution in [2.75, 3.05) is 20.1 Å². The maximum absolute atomic E-state index is 11.4. The van der Waals surface area contributed by atoms with Crippen LogP contribution >= 0.6 is 0 Å². The number of benzene rings is 1. The third-order valence-electron chi connectivity index (χ3n) is 2.55. The molecule has 104 valence electrons. The number of hydrogen-bond acceptors (Lipinski definition) is 2. The van der Waals surface area contributed by atoms with Crippen molar-refractivity contribution >= 4 is 11.9 Å². The zero-order chi connectivity index (χ0) is 14.1. The van der Waals surface area contributed by atoms with Crippen molar-refractivity contribution in [1.82, 2.24) is 16.0 Å². The van der Waals surface area contributed by atoms with Gasteiger partial charge in [0.15, 0.2) is 5.96 Å². The minimum absolute atomic E-state index is 0.0731. The van der Waals surface area contributed by atoms with Gasteiger partial charge >= 0.3 is 0 Å². The number of rotatable bonds is 5. The van der Waals surface area contributed by atoms with Crippen LogP contribution in [-0.4, -0.2) is 32.0 Å². The zero-order valence-electron chi connectivity index (χ0n) is 11.8. The second-order valence-electron chi connectivity index (χ2n) is 4.00. The van der Waals surface area contributed by atoms with Gasteiger partial charge in [0.2, 0.25) is 0 Å². The van der Waals surface area contributed by atoms with Crippen LogP contribution in [0, 0.1) is 0 Å². The summed E-state index contributed by atoms with van der Waals surface area (Å²) >= 11 is 0. The predicted molar refractivity (Wildman–Crippen MR) is 78.3 cm³/mol. The molecular formula is C14H22N4O. The molecule has 0 bridgehead atoms. The van der Waals surface area contributed by atoms with Crippen LogP contribution in [0.15, 0.2) is 29.3 Å². The Hall–Kier alpha value is -2.04. The fraction of sp³-hybridized carbons (Fsp3) is 0.429. The van der Waals surface area contributed by atoms with Crippen molar-refractivity contribution < 1.29 is 4.79 Å². The van der Waals surface area contributed by atoms with Crippen molar-refractivity contribution in [3.63, 3.8) is 0 Å². The Morgan fingerprint density at radius 2 is 1.68 bits per heavy atom. The third kappa shape index (κ3) is 4.99. The van der Waals surface area contributed by atoms with Crippen LogP contribution in [0.2, 0.25) is 0 Å². The first-order chi connectivity index (χ1) is 9.21. The lowest BCUT2D eigenvalue weighted by molar-refractivity contribution is 0.0963. The molecular weight excluding hydrogens is 240 g/mol. The molecule has 1 rings (SSSR count). The zero-order valence-corrected chi connectivity index (χ0v) is 11.8. The summed E-state index contributed by atoms with van der Waals surface area (Å²) in [4.78, 5) is 15.9. The van der Waals surface area contributed by atoms with E-state index in [0.717, 1.165) is 24.6 Å². The van der Waals surface area contributed by atoms with E-state index in [-0.39, 0.29) is 5.91 Å². The molecule has 0 aliphatic carbocycles. The van der Waals surface area contributed by atoms with Gasteiger partial charge in [-0.2, -0.15) is 0 Å². The van der Waals surface area contributed by atoms with Crippen LogP contribution in [0.5, 0.6) is 0 Å². The monoisotopic (exact) mass is 262 g/mol. The first kappa shape index (κ1) is 15.0. The molecule has 0 radical (unpaired) electrons. The van der Waals surface area contributed by atoms with E-state index < -0.39 is 0 Å². The Morgan fingerprint density at radius 3 is 2.16 bits per heavy atom. The Labute approximate surface area is 114 Å². The molecule has 1 aromatic rings. The number of nitrogens with one attached hydrogen (secondary N) is 3. The summed E-state index contributed by atoms with van der Waals surface area (Å²) in [6.45, 7) is 6.32. The number of amides is 1. The minimum atomic E-state index is -0.0731. The SMILES string of the molecule is CCNC(=NCc1ccc(C(=O)NC)cc1)NCC. The summed E-state index contributed by atoms with van der Waals surface area (Å²) < 4.78 is 0. The molecule has 0 fully saturated rings. The Kier molecular flexibility index (Phi) is 6.43. The summed E-state index contributed by atoms with van der Waals surface area (Å²) in [5.74, 6) is 0.733. The molecule has 0 unspecified atom stereocenters. The predicted octanol–water partition coefficient (Wildman–Crippen LogP) is 1.12. The largest absolute Gasteiger partial charge is 0.357 e. The molecule has 0 saturated carbocycles.